The molecule has 6 N–H and O–H groups in total. The van der Waals surface area contributed by atoms with Crippen molar-refractivity contribution in [3.05, 3.63) is 65.0 Å². The number of para-hydroxylation sites is 1. The second kappa shape index (κ2) is 11.0. The molecule has 3 aromatic rings. The summed E-state index contributed by atoms with van der Waals surface area (Å²) in [5, 5.41) is 24.1. The van der Waals surface area contributed by atoms with Crippen LogP contribution >= 0.6 is 11.3 Å². The Morgan fingerprint density at radius 2 is 1.82 bits per heavy atom. The van der Waals surface area contributed by atoms with Crippen molar-refractivity contribution in [1.29, 1.82) is 0 Å². The Hall–Kier alpha value is -4.12. The number of rotatable bonds is 11. The minimum atomic E-state index is -1.22. The Bertz CT molecular complexity index is 1130. The molecule has 172 valence electrons. The molecule has 0 spiro atoms. The van der Waals surface area contributed by atoms with E-state index in [1.54, 1.807) is 0 Å². The number of carbonyl (C=O) groups is 3. The summed E-state index contributed by atoms with van der Waals surface area (Å²) in [5.41, 5.74) is 6.02. The number of nitrogen functional groups attached to an aromatic ring is 1. The first-order valence-electron chi connectivity index (χ1n) is 9.89. The highest BCUT2D eigenvalue weighted by Crippen LogP contribution is 2.29. The fourth-order valence-electron chi connectivity index (χ4n) is 2.83. The highest BCUT2D eigenvalue weighted by molar-refractivity contribution is 7.13. The van der Waals surface area contributed by atoms with Crippen molar-refractivity contribution in [1.82, 2.24) is 10.3 Å². The molecule has 0 fully saturated rings. The summed E-state index contributed by atoms with van der Waals surface area (Å²) in [6.45, 7) is 0.261. The van der Waals surface area contributed by atoms with Crippen molar-refractivity contribution in [2.45, 2.75) is 25.4 Å². The second-order valence-corrected chi connectivity index (χ2v) is 8.05. The van der Waals surface area contributed by atoms with Gasteiger partial charge in [-0.15, -0.1) is 11.3 Å². The van der Waals surface area contributed by atoms with Crippen LogP contribution in [0.15, 0.2) is 54.6 Å². The lowest BCUT2D eigenvalue weighted by Gasteiger charge is -2.15. The number of hydrogen-bond donors (Lipinski definition) is 5. The fourth-order valence-corrected chi connectivity index (χ4v) is 3.64. The Morgan fingerprint density at radius 3 is 2.48 bits per heavy atom. The molecule has 3 rings (SSSR count). The van der Waals surface area contributed by atoms with Crippen molar-refractivity contribution in [3.63, 3.8) is 0 Å². The van der Waals surface area contributed by atoms with E-state index < -0.39 is 23.9 Å². The molecule has 0 aliphatic heterocycles. The van der Waals surface area contributed by atoms with Crippen LogP contribution in [0.1, 0.15) is 28.1 Å². The van der Waals surface area contributed by atoms with Crippen LogP contribution in [0, 0.1) is 0 Å². The largest absolute Gasteiger partial charge is 0.481 e. The quantitative estimate of drug-likeness (QED) is 0.283. The summed E-state index contributed by atoms with van der Waals surface area (Å²) in [6, 6.07) is 14.7. The summed E-state index contributed by atoms with van der Waals surface area (Å²) < 4.78 is 5.76. The van der Waals surface area contributed by atoms with Gasteiger partial charge in [-0.2, -0.15) is 0 Å². The summed E-state index contributed by atoms with van der Waals surface area (Å²) in [7, 11) is 0. The first kappa shape index (κ1) is 23.5. The van der Waals surface area contributed by atoms with Gasteiger partial charge >= 0.3 is 11.9 Å². The molecule has 0 saturated heterocycles. The third-order valence-corrected chi connectivity index (χ3v) is 5.42. The maximum Gasteiger partial charge on any atom is 0.326 e. The first-order chi connectivity index (χ1) is 15.8. The van der Waals surface area contributed by atoms with Crippen molar-refractivity contribution in [2.75, 3.05) is 11.1 Å². The summed E-state index contributed by atoms with van der Waals surface area (Å²) in [5.74, 6) is -2.00. The van der Waals surface area contributed by atoms with Gasteiger partial charge in [0.25, 0.3) is 5.91 Å². The number of ether oxygens (including phenoxy) is 1. The van der Waals surface area contributed by atoms with Crippen LogP contribution in [0.5, 0.6) is 10.8 Å². The van der Waals surface area contributed by atoms with E-state index in [9.17, 15) is 19.5 Å². The number of carboxylic acid groups (broad SMARTS) is 2. The average molecular weight is 471 g/mol. The Balaban J connectivity index is 1.57. The highest BCUT2D eigenvalue weighted by atomic mass is 32.1. The van der Waals surface area contributed by atoms with E-state index in [1.165, 1.54) is 23.5 Å². The summed E-state index contributed by atoms with van der Waals surface area (Å²) >= 11 is 1.40. The van der Waals surface area contributed by atoms with Crippen molar-refractivity contribution in [3.8, 4) is 10.8 Å². The van der Waals surface area contributed by atoms with Gasteiger partial charge in [-0.3, -0.25) is 9.59 Å². The van der Waals surface area contributed by atoms with Gasteiger partial charge in [-0.1, -0.05) is 18.2 Å². The molecule has 11 heteroatoms. The van der Waals surface area contributed by atoms with Gasteiger partial charge in [0.1, 0.15) is 23.4 Å². The number of amides is 1. The van der Waals surface area contributed by atoms with Gasteiger partial charge < -0.3 is 31.3 Å². The number of carboxylic acids is 2. The molecule has 10 nitrogen and oxygen atoms in total. The molecule has 1 amide bonds. The van der Waals surface area contributed by atoms with Gasteiger partial charge in [-0.25, -0.2) is 9.78 Å². The zero-order chi connectivity index (χ0) is 23.8. The molecule has 33 heavy (non-hydrogen) atoms. The number of nitrogens with two attached hydrogens (primary N) is 1. The maximum absolute atomic E-state index is 12.5. The van der Waals surface area contributed by atoms with Crippen LogP contribution in [0.3, 0.4) is 0 Å². The third kappa shape index (κ3) is 6.94. The van der Waals surface area contributed by atoms with E-state index in [-0.39, 0.29) is 36.6 Å². The minimum Gasteiger partial charge on any atom is -0.481 e. The van der Waals surface area contributed by atoms with Gasteiger partial charge in [0.05, 0.1) is 12.1 Å². The molecule has 0 bridgehead atoms. The molecular formula is C22H22N4O6S. The van der Waals surface area contributed by atoms with Gasteiger partial charge in [0.15, 0.2) is 5.06 Å². The van der Waals surface area contributed by atoms with Gasteiger partial charge in [0, 0.05) is 11.3 Å². The number of nitrogens with zero attached hydrogens (tertiary/aromatic N) is 1. The van der Waals surface area contributed by atoms with Crippen LogP contribution in [0.25, 0.3) is 0 Å². The number of anilines is 2. The number of thiophene rings is 1. The number of aromatic nitrogens is 1. The lowest BCUT2D eigenvalue weighted by molar-refractivity contribution is -0.139. The van der Waals surface area contributed by atoms with E-state index >= 15 is 0 Å². The van der Waals surface area contributed by atoms with E-state index in [4.69, 9.17) is 15.6 Å². The fraction of sp³-hybridized carbons (Fsp3) is 0.182. The normalized spacial score (nSPS) is 11.4. The molecule has 1 aromatic carbocycles. The molecule has 0 saturated carbocycles. The van der Waals surface area contributed by atoms with E-state index in [0.29, 0.717) is 5.06 Å². The van der Waals surface area contributed by atoms with E-state index in [1.807, 2.05) is 42.5 Å². The smallest absolute Gasteiger partial charge is 0.326 e. The van der Waals surface area contributed by atoms with Crippen molar-refractivity contribution in [2.24, 2.45) is 0 Å². The number of hydrogen-bond acceptors (Lipinski definition) is 8. The maximum atomic E-state index is 12.5. The van der Waals surface area contributed by atoms with Crippen molar-refractivity contribution < 1.29 is 29.3 Å². The number of nitrogens with one attached hydrogen (secondary N) is 2. The lowest BCUT2D eigenvalue weighted by atomic mass is 10.1. The molecular weight excluding hydrogens is 448 g/mol. The van der Waals surface area contributed by atoms with E-state index in [2.05, 4.69) is 15.6 Å². The van der Waals surface area contributed by atoms with E-state index in [0.717, 1.165) is 10.6 Å². The number of aliphatic carboxylic acids is 2. The third-order valence-electron chi connectivity index (χ3n) is 4.46. The van der Waals surface area contributed by atoms with Crippen LogP contribution in [0.2, 0.25) is 0 Å². The number of carbonyl (C=O) groups excluding carboxylic acids is 1. The average Bonchev–Trinajstić information content (AvgIpc) is 3.22. The molecule has 0 aliphatic rings. The zero-order valence-electron chi connectivity index (χ0n) is 17.4. The monoisotopic (exact) mass is 470 g/mol. The molecule has 2 heterocycles. The topological polar surface area (TPSA) is 164 Å². The summed E-state index contributed by atoms with van der Waals surface area (Å²) in [4.78, 5) is 39.4. The van der Waals surface area contributed by atoms with Crippen LogP contribution in [-0.4, -0.2) is 39.1 Å². The predicted octanol–water partition coefficient (Wildman–Crippen LogP) is 3.18. The Labute approximate surface area is 193 Å². The SMILES string of the molecule is Nc1nc(NC(CCC(=O)O)C(=O)O)ccc1C(=O)NCc1ccc(Oc2ccccc2)s1. The standard InChI is InChI=1S/C22H22N4O6S/c23-20-15(7-9-17(26-20)25-16(22(30)31)8-10-18(27)28)21(29)24-12-14-6-11-19(33-14)32-13-4-2-1-3-5-13/h1-7,9,11,16H,8,10,12H2,(H,24,29)(H,27,28)(H,30,31)(H3,23,25,26). The number of benzene rings is 1. The summed E-state index contributed by atoms with van der Waals surface area (Å²) in [6.07, 6.45) is -0.452. The first-order valence-corrected chi connectivity index (χ1v) is 10.7. The predicted molar refractivity (Wildman–Crippen MR) is 123 cm³/mol. The van der Waals surface area contributed by atoms with Gasteiger partial charge in [-0.05, 0) is 42.8 Å². The molecule has 1 unspecified atom stereocenters. The minimum absolute atomic E-state index is 0.0841. The number of pyridine rings is 1. The molecule has 1 atom stereocenters. The molecule has 0 aliphatic carbocycles. The Kier molecular flexibility index (Phi) is 7.82. The second-order valence-electron chi connectivity index (χ2n) is 6.92. The zero-order valence-corrected chi connectivity index (χ0v) is 18.2. The highest BCUT2D eigenvalue weighted by Gasteiger charge is 2.20. The Morgan fingerprint density at radius 1 is 1.06 bits per heavy atom. The molecule has 2 aromatic heterocycles. The lowest BCUT2D eigenvalue weighted by Crippen LogP contribution is -2.30. The van der Waals surface area contributed by atoms with Crippen molar-refractivity contribution >= 4 is 40.8 Å². The van der Waals surface area contributed by atoms with Crippen LogP contribution < -0.4 is 21.1 Å². The van der Waals surface area contributed by atoms with Crippen LogP contribution in [0.4, 0.5) is 11.6 Å². The van der Waals surface area contributed by atoms with Crippen LogP contribution in [-0.2, 0) is 16.1 Å². The molecule has 0 radical (unpaired) electrons. The van der Waals surface area contributed by atoms with Gasteiger partial charge in [0.2, 0.25) is 0 Å².